The van der Waals surface area contributed by atoms with Gasteiger partial charge < -0.3 is 10.1 Å². The molecule has 1 aromatic heterocycles. The number of aromatic nitrogens is 2. The number of nitrogens with one attached hydrogen (secondary N) is 1. The van der Waals surface area contributed by atoms with Gasteiger partial charge in [-0.3, -0.25) is 14.9 Å². The molecule has 1 heterocycles. The topological polar surface area (TPSA) is 109 Å². The number of hydrogen-bond acceptors (Lipinski definition) is 5. The first kappa shape index (κ1) is 9.13. The van der Waals surface area contributed by atoms with Crippen LogP contribution in [-0.2, 0) is 0 Å². The molecule has 1 aromatic carbocycles. The highest BCUT2D eigenvalue weighted by Crippen LogP contribution is 2.28. The second-order valence-electron chi connectivity index (χ2n) is 2.85. The van der Waals surface area contributed by atoms with Crippen LogP contribution in [0.2, 0.25) is 0 Å². The molecule has 0 spiro atoms. The predicted octanol–water partition coefficient (Wildman–Crippen LogP) is 0.537. The van der Waals surface area contributed by atoms with E-state index in [1.165, 1.54) is 0 Å². The zero-order valence-electron chi connectivity index (χ0n) is 7.30. The van der Waals surface area contributed by atoms with Crippen LogP contribution in [-0.4, -0.2) is 20.0 Å². The molecule has 0 bridgehead atoms. The summed E-state index contributed by atoms with van der Waals surface area (Å²) >= 11 is 0. The normalized spacial score (nSPS) is 10.4. The highest BCUT2D eigenvalue weighted by atomic mass is 16.6. The Kier molecular flexibility index (Phi) is 1.86. The van der Waals surface area contributed by atoms with Gasteiger partial charge in [0.05, 0.1) is 22.2 Å². The van der Waals surface area contributed by atoms with E-state index >= 15 is 0 Å². The summed E-state index contributed by atoms with van der Waals surface area (Å²) in [7, 11) is 0. The zero-order valence-corrected chi connectivity index (χ0v) is 7.30. The van der Waals surface area contributed by atoms with E-state index in [0.29, 0.717) is 5.52 Å². The number of phenolic OH excluding ortho intramolecular Hbond substituents is 1. The highest BCUT2D eigenvalue weighted by Gasteiger charge is 2.15. The maximum atomic E-state index is 11.2. The van der Waals surface area contributed by atoms with Crippen LogP contribution in [0.5, 0.6) is 5.75 Å². The molecule has 0 aliphatic heterocycles. The Morgan fingerprint density at radius 3 is 2.87 bits per heavy atom. The molecule has 2 rings (SSSR count). The van der Waals surface area contributed by atoms with Gasteiger partial charge in [0.2, 0.25) is 0 Å². The lowest BCUT2D eigenvalue weighted by Gasteiger charge is -1.98. The van der Waals surface area contributed by atoms with Crippen molar-refractivity contribution in [1.82, 2.24) is 9.97 Å². The smallest absolute Gasteiger partial charge is 0.311 e. The van der Waals surface area contributed by atoms with E-state index in [9.17, 15) is 20.0 Å². The average molecular weight is 207 g/mol. The average Bonchev–Trinajstić information content (AvgIpc) is 2.16. The maximum Gasteiger partial charge on any atom is 0.311 e. The Labute approximate surface area is 82.2 Å². The standard InChI is InChI=1S/C8H5N3O4/c12-7-2-5-4(1-6(7)11(14)15)8(13)10-3-9-5/h1-3,12H,(H,9,10,13). The summed E-state index contributed by atoms with van der Waals surface area (Å²) in [6, 6.07) is 2.12. The number of aromatic amines is 1. The van der Waals surface area contributed by atoms with Gasteiger partial charge in [-0.15, -0.1) is 0 Å². The third kappa shape index (κ3) is 1.39. The Balaban J connectivity index is 2.90. The molecular formula is C8H5N3O4. The van der Waals surface area contributed by atoms with Gasteiger partial charge in [-0.2, -0.15) is 4.98 Å². The van der Waals surface area contributed by atoms with Crippen molar-refractivity contribution in [2.24, 2.45) is 0 Å². The summed E-state index contributed by atoms with van der Waals surface area (Å²) in [6.45, 7) is 0. The molecule has 0 amide bonds. The molecule has 7 heteroatoms. The Morgan fingerprint density at radius 1 is 1.47 bits per heavy atom. The summed E-state index contributed by atoms with van der Waals surface area (Å²) in [4.78, 5) is 27.0. The molecule has 2 N–H and O–H groups in total. The van der Waals surface area contributed by atoms with Crippen molar-refractivity contribution < 1.29 is 10.0 Å². The van der Waals surface area contributed by atoms with Crippen molar-refractivity contribution in [3.63, 3.8) is 0 Å². The van der Waals surface area contributed by atoms with Gasteiger partial charge >= 0.3 is 5.69 Å². The van der Waals surface area contributed by atoms with Gasteiger partial charge in [0.15, 0.2) is 5.75 Å². The minimum Gasteiger partial charge on any atom is -0.502 e. The number of fused-ring (bicyclic) bond motifs is 1. The van der Waals surface area contributed by atoms with Gasteiger partial charge in [0.1, 0.15) is 0 Å². The lowest BCUT2D eigenvalue weighted by molar-refractivity contribution is -0.385. The summed E-state index contributed by atoms with van der Waals surface area (Å²) in [6.07, 6.45) is 1.16. The van der Waals surface area contributed by atoms with Gasteiger partial charge in [-0.1, -0.05) is 0 Å². The Bertz CT molecular complexity index is 604. The molecule has 0 radical (unpaired) electrons. The van der Waals surface area contributed by atoms with Gasteiger partial charge in [0.25, 0.3) is 5.56 Å². The Morgan fingerprint density at radius 2 is 2.20 bits per heavy atom. The summed E-state index contributed by atoms with van der Waals surface area (Å²) in [5.74, 6) is -0.491. The van der Waals surface area contributed by atoms with Gasteiger partial charge in [-0.05, 0) is 0 Å². The fraction of sp³-hybridized carbons (Fsp3) is 0. The van der Waals surface area contributed by atoms with Crippen LogP contribution in [0.25, 0.3) is 10.9 Å². The minimum atomic E-state index is -0.763. The van der Waals surface area contributed by atoms with Crippen LogP contribution in [0.3, 0.4) is 0 Å². The van der Waals surface area contributed by atoms with Crippen molar-refractivity contribution in [3.8, 4) is 5.75 Å². The van der Waals surface area contributed by atoms with Gasteiger partial charge in [0, 0.05) is 12.1 Å². The number of nitro benzene ring substituents is 1. The number of phenols is 1. The fourth-order valence-electron chi connectivity index (χ4n) is 1.25. The van der Waals surface area contributed by atoms with Crippen LogP contribution in [0.15, 0.2) is 23.3 Å². The monoisotopic (exact) mass is 207 g/mol. The molecule has 76 valence electrons. The van der Waals surface area contributed by atoms with Crippen molar-refractivity contribution in [2.45, 2.75) is 0 Å². The van der Waals surface area contributed by atoms with Crippen molar-refractivity contribution >= 4 is 16.6 Å². The number of hydrogen-bond donors (Lipinski definition) is 2. The molecule has 0 saturated carbocycles. The first-order valence-corrected chi connectivity index (χ1v) is 3.94. The largest absolute Gasteiger partial charge is 0.502 e. The summed E-state index contributed by atoms with van der Waals surface area (Å²) in [5, 5.41) is 19.8. The van der Waals surface area contributed by atoms with Crippen LogP contribution >= 0.6 is 0 Å². The molecule has 0 aliphatic rings. The maximum absolute atomic E-state index is 11.2. The molecule has 0 atom stereocenters. The van der Waals surface area contributed by atoms with E-state index in [4.69, 9.17) is 0 Å². The van der Waals surface area contributed by atoms with Crippen molar-refractivity contribution in [2.75, 3.05) is 0 Å². The predicted molar refractivity (Wildman–Crippen MR) is 50.7 cm³/mol. The molecule has 2 aromatic rings. The molecule has 15 heavy (non-hydrogen) atoms. The summed E-state index contributed by atoms with van der Waals surface area (Å²) < 4.78 is 0. The van der Waals surface area contributed by atoms with E-state index in [-0.39, 0.29) is 5.39 Å². The van der Waals surface area contributed by atoms with Crippen molar-refractivity contribution in [1.29, 1.82) is 0 Å². The van der Waals surface area contributed by atoms with E-state index in [1.807, 2.05) is 0 Å². The summed E-state index contributed by atoms with van der Waals surface area (Å²) in [5.41, 5.74) is -0.786. The molecular weight excluding hydrogens is 202 g/mol. The number of nitrogens with zero attached hydrogens (tertiary/aromatic N) is 2. The second kappa shape index (κ2) is 3.05. The van der Waals surface area contributed by atoms with Crippen LogP contribution < -0.4 is 5.56 Å². The van der Waals surface area contributed by atoms with E-state index in [1.54, 1.807) is 0 Å². The SMILES string of the molecule is O=c1nc[nH]c2cc(O)c([N+](=O)[O-])cc12. The van der Waals surface area contributed by atoms with E-state index in [0.717, 1.165) is 18.5 Å². The third-order valence-electron chi connectivity index (χ3n) is 1.94. The first-order valence-electron chi connectivity index (χ1n) is 3.94. The molecule has 0 unspecified atom stereocenters. The molecule has 0 fully saturated rings. The zero-order chi connectivity index (χ0) is 11.0. The number of benzene rings is 1. The van der Waals surface area contributed by atoms with E-state index < -0.39 is 21.9 Å². The third-order valence-corrected chi connectivity index (χ3v) is 1.94. The highest BCUT2D eigenvalue weighted by molar-refractivity contribution is 5.82. The fourth-order valence-corrected chi connectivity index (χ4v) is 1.25. The number of H-pyrrole nitrogens is 1. The number of rotatable bonds is 1. The lowest BCUT2D eigenvalue weighted by atomic mass is 10.2. The lowest BCUT2D eigenvalue weighted by Crippen LogP contribution is -2.06. The van der Waals surface area contributed by atoms with Crippen LogP contribution in [0.1, 0.15) is 0 Å². The van der Waals surface area contributed by atoms with E-state index in [2.05, 4.69) is 9.97 Å². The molecule has 0 saturated heterocycles. The van der Waals surface area contributed by atoms with Gasteiger partial charge in [-0.25, -0.2) is 0 Å². The molecule has 0 aliphatic carbocycles. The molecule has 7 nitrogen and oxygen atoms in total. The Hall–Kier alpha value is -2.44. The number of nitro groups is 1. The second-order valence-corrected chi connectivity index (χ2v) is 2.85. The first-order chi connectivity index (χ1) is 7.09. The quantitative estimate of drug-likeness (QED) is 0.523. The van der Waals surface area contributed by atoms with Crippen LogP contribution in [0.4, 0.5) is 5.69 Å². The van der Waals surface area contributed by atoms with Crippen LogP contribution in [0, 0.1) is 10.1 Å². The minimum absolute atomic E-state index is 0.0713. The van der Waals surface area contributed by atoms with Crippen molar-refractivity contribution in [3.05, 3.63) is 38.9 Å². The number of aromatic hydroxyl groups is 1.